The van der Waals surface area contributed by atoms with Gasteiger partial charge in [-0.25, -0.2) is 4.98 Å². The van der Waals surface area contributed by atoms with Gasteiger partial charge in [-0.05, 0) is 31.1 Å². The molecule has 0 aliphatic heterocycles. The van der Waals surface area contributed by atoms with Gasteiger partial charge in [0.05, 0.1) is 30.8 Å². The first-order chi connectivity index (χ1) is 8.13. The van der Waals surface area contributed by atoms with E-state index in [1.54, 1.807) is 12.4 Å². The Morgan fingerprint density at radius 1 is 1.18 bits per heavy atom. The second-order valence-electron chi connectivity index (χ2n) is 5.18. The molecular formula is C13H19ClN2O. The summed E-state index contributed by atoms with van der Waals surface area (Å²) in [4.78, 5) is 8.18. The molecule has 2 rings (SSSR count). The molecular weight excluding hydrogens is 236 g/mol. The number of rotatable bonds is 3. The van der Waals surface area contributed by atoms with Crippen molar-refractivity contribution < 1.29 is 4.74 Å². The van der Waals surface area contributed by atoms with Gasteiger partial charge in [0, 0.05) is 0 Å². The fourth-order valence-electron chi connectivity index (χ4n) is 2.63. The Bertz CT molecular complexity index is 345. The van der Waals surface area contributed by atoms with Gasteiger partial charge < -0.3 is 4.74 Å². The molecule has 0 bridgehead atoms. The van der Waals surface area contributed by atoms with Crippen LogP contribution in [-0.4, -0.2) is 16.1 Å². The Hall–Kier alpha value is -0.670. The molecule has 1 fully saturated rings. The lowest BCUT2D eigenvalue weighted by Gasteiger charge is -2.31. The summed E-state index contributed by atoms with van der Waals surface area (Å²) < 4.78 is 5.90. The fourth-order valence-corrected chi connectivity index (χ4v) is 2.72. The van der Waals surface area contributed by atoms with E-state index in [2.05, 4.69) is 23.8 Å². The molecule has 1 aromatic rings. The highest BCUT2D eigenvalue weighted by Gasteiger charge is 2.24. The number of ether oxygens (including phenoxy) is 1. The molecule has 2 unspecified atom stereocenters. The van der Waals surface area contributed by atoms with E-state index in [4.69, 9.17) is 16.3 Å². The minimum Gasteiger partial charge on any atom is -0.372 e. The Labute approximate surface area is 108 Å². The van der Waals surface area contributed by atoms with Gasteiger partial charge in [0.25, 0.3) is 0 Å². The van der Waals surface area contributed by atoms with Gasteiger partial charge in [-0.3, -0.25) is 4.98 Å². The van der Waals surface area contributed by atoms with Gasteiger partial charge in [0.2, 0.25) is 0 Å². The van der Waals surface area contributed by atoms with Crippen LogP contribution in [0.25, 0.3) is 0 Å². The molecule has 17 heavy (non-hydrogen) atoms. The van der Waals surface area contributed by atoms with E-state index in [9.17, 15) is 0 Å². The maximum absolute atomic E-state index is 5.90. The van der Waals surface area contributed by atoms with E-state index < -0.39 is 0 Å². The number of aromatic nitrogens is 2. The monoisotopic (exact) mass is 254 g/mol. The van der Waals surface area contributed by atoms with Gasteiger partial charge in [0.1, 0.15) is 5.15 Å². The number of hydrogen-bond acceptors (Lipinski definition) is 3. The predicted octanol–water partition coefficient (Wildman–Crippen LogP) is 3.47. The van der Waals surface area contributed by atoms with Gasteiger partial charge >= 0.3 is 0 Å². The summed E-state index contributed by atoms with van der Waals surface area (Å²) in [6.07, 6.45) is 7.24. The Morgan fingerprint density at radius 3 is 2.47 bits per heavy atom. The highest BCUT2D eigenvalue weighted by molar-refractivity contribution is 6.29. The first kappa shape index (κ1) is 12.8. The zero-order valence-electron chi connectivity index (χ0n) is 10.4. The van der Waals surface area contributed by atoms with Crippen LogP contribution >= 0.6 is 11.6 Å². The Balaban J connectivity index is 1.83. The van der Waals surface area contributed by atoms with Gasteiger partial charge in [0.15, 0.2) is 0 Å². The van der Waals surface area contributed by atoms with Crippen LogP contribution < -0.4 is 0 Å². The van der Waals surface area contributed by atoms with Crippen LogP contribution in [0.3, 0.4) is 0 Å². The number of hydrogen-bond donors (Lipinski definition) is 0. The summed E-state index contributed by atoms with van der Waals surface area (Å²) in [6.45, 7) is 5.14. The van der Waals surface area contributed by atoms with E-state index in [0.717, 1.165) is 30.4 Å². The SMILES string of the molecule is CC1CC(C)CC(OCc2cnc(Cl)cn2)C1. The first-order valence-corrected chi connectivity index (χ1v) is 6.59. The minimum atomic E-state index is 0.367. The highest BCUT2D eigenvalue weighted by Crippen LogP contribution is 2.30. The zero-order chi connectivity index (χ0) is 12.3. The molecule has 0 aromatic carbocycles. The molecule has 0 saturated heterocycles. The van der Waals surface area contributed by atoms with Crippen LogP contribution in [0, 0.1) is 11.8 Å². The molecule has 94 valence electrons. The summed E-state index contributed by atoms with van der Waals surface area (Å²) in [7, 11) is 0. The van der Waals surface area contributed by atoms with Crippen LogP contribution in [0.4, 0.5) is 0 Å². The average molecular weight is 255 g/mol. The van der Waals surface area contributed by atoms with Crippen molar-refractivity contribution in [3.63, 3.8) is 0 Å². The van der Waals surface area contributed by atoms with Crippen molar-refractivity contribution >= 4 is 11.6 Å². The van der Waals surface area contributed by atoms with Crippen molar-refractivity contribution in [1.29, 1.82) is 0 Å². The van der Waals surface area contributed by atoms with Crippen molar-refractivity contribution in [2.24, 2.45) is 11.8 Å². The maximum Gasteiger partial charge on any atom is 0.147 e. The second kappa shape index (κ2) is 5.78. The molecule has 3 nitrogen and oxygen atoms in total. The predicted molar refractivity (Wildman–Crippen MR) is 67.8 cm³/mol. The summed E-state index contributed by atoms with van der Waals surface area (Å²) in [6, 6.07) is 0. The van der Waals surface area contributed by atoms with Gasteiger partial charge in [-0.2, -0.15) is 0 Å². The molecule has 0 amide bonds. The molecule has 1 aromatic heterocycles. The lowest BCUT2D eigenvalue weighted by atomic mass is 9.82. The normalized spacial score (nSPS) is 29.2. The molecule has 2 atom stereocenters. The third-order valence-corrected chi connectivity index (χ3v) is 3.47. The molecule has 0 radical (unpaired) electrons. The number of halogens is 1. The van der Waals surface area contributed by atoms with Gasteiger partial charge in [-0.1, -0.05) is 25.4 Å². The molecule has 1 saturated carbocycles. The fraction of sp³-hybridized carbons (Fsp3) is 0.692. The van der Waals surface area contributed by atoms with Crippen LogP contribution in [0.5, 0.6) is 0 Å². The van der Waals surface area contributed by atoms with Crippen LogP contribution in [-0.2, 0) is 11.3 Å². The van der Waals surface area contributed by atoms with Gasteiger partial charge in [-0.15, -0.1) is 0 Å². The molecule has 4 heteroatoms. The Morgan fingerprint density at radius 2 is 1.88 bits per heavy atom. The smallest absolute Gasteiger partial charge is 0.147 e. The lowest BCUT2D eigenvalue weighted by Crippen LogP contribution is -2.26. The highest BCUT2D eigenvalue weighted by atomic mass is 35.5. The largest absolute Gasteiger partial charge is 0.372 e. The summed E-state index contributed by atoms with van der Waals surface area (Å²) in [5.41, 5.74) is 0.847. The number of nitrogens with zero attached hydrogens (tertiary/aromatic N) is 2. The van der Waals surface area contributed by atoms with E-state index in [-0.39, 0.29) is 0 Å². The van der Waals surface area contributed by atoms with Crippen LogP contribution in [0.2, 0.25) is 5.15 Å². The quantitative estimate of drug-likeness (QED) is 0.829. The van der Waals surface area contributed by atoms with E-state index >= 15 is 0 Å². The minimum absolute atomic E-state index is 0.367. The summed E-state index contributed by atoms with van der Waals surface area (Å²) in [5, 5.41) is 0.425. The molecule has 0 spiro atoms. The van der Waals surface area contributed by atoms with E-state index in [1.807, 2.05) is 0 Å². The third kappa shape index (κ3) is 3.93. The van der Waals surface area contributed by atoms with Crippen molar-refractivity contribution in [3.05, 3.63) is 23.2 Å². The third-order valence-electron chi connectivity index (χ3n) is 3.28. The molecule has 1 aliphatic rings. The molecule has 1 aliphatic carbocycles. The van der Waals surface area contributed by atoms with Crippen molar-refractivity contribution in [1.82, 2.24) is 9.97 Å². The van der Waals surface area contributed by atoms with Crippen molar-refractivity contribution in [2.75, 3.05) is 0 Å². The average Bonchev–Trinajstić information content (AvgIpc) is 2.27. The summed E-state index contributed by atoms with van der Waals surface area (Å²) >= 11 is 5.68. The second-order valence-corrected chi connectivity index (χ2v) is 5.57. The van der Waals surface area contributed by atoms with Crippen LogP contribution in [0.15, 0.2) is 12.4 Å². The van der Waals surface area contributed by atoms with Crippen molar-refractivity contribution in [3.8, 4) is 0 Å². The molecule has 1 heterocycles. The maximum atomic E-state index is 5.90. The standard InChI is InChI=1S/C13H19ClN2O/c1-9-3-10(2)5-12(4-9)17-8-11-6-16-13(14)7-15-11/h6-7,9-10,12H,3-5,8H2,1-2H3. The Kier molecular flexibility index (Phi) is 4.35. The van der Waals surface area contributed by atoms with Crippen molar-refractivity contribution in [2.45, 2.75) is 45.8 Å². The topological polar surface area (TPSA) is 35.0 Å². The van der Waals surface area contributed by atoms with E-state index in [1.165, 1.54) is 6.42 Å². The lowest BCUT2D eigenvalue weighted by molar-refractivity contribution is -0.0106. The summed E-state index contributed by atoms with van der Waals surface area (Å²) in [5.74, 6) is 1.53. The first-order valence-electron chi connectivity index (χ1n) is 6.21. The molecule has 0 N–H and O–H groups in total. The van der Waals surface area contributed by atoms with Crippen LogP contribution in [0.1, 0.15) is 38.8 Å². The zero-order valence-corrected chi connectivity index (χ0v) is 11.2. The van der Waals surface area contributed by atoms with E-state index in [0.29, 0.717) is 17.9 Å².